The van der Waals surface area contributed by atoms with E-state index >= 15 is 0 Å². The van der Waals surface area contributed by atoms with Gasteiger partial charge in [-0.15, -0.1) is 0 Å². The molecule has 0 radical (unpaired) electrons. The fourth-order valence-electron chi connectivity index (χ4n) is 4.07. The highest BCUT2D eigenvalue weighted by molar-refractivity contribution is 7.92. The van der Waals surface area contributed by atoms with Crippen LogP contribution in [-0.2, 0) is 19.6 Å². The molecule has 3 aromatic rings. The number of amides is 2. The largest absolute Gasteiger partial charge is 0.497 e. The van der Waals surface area contributed by atoms with Crippen LogP contribution in [0.25, 0.3) is 0 Å². The molecule has 1 fully saturated rings. The molecule has 0 aromatic heterocycles. The predicted octanol–water partition coefficient (Wildman–Crippen LogP) is 4.62. The number of carbonyl (C=O) groups excluding carboxylic acids is 2. The van der Waals surface area contributed by atoms with Gasteiger partial charge in [-0.25, -0.2) is 8.42 Å². The van der Waals surface area contributed by atoms with E-state index in [4.69, 9.17) is 16.3 Å². The summed E-state index contributed by atoms with van der Waals surface area (Å²) < 4.78 is 33.2. The number of rotatable bonds is 8. The second-order valence-corrected chi connectivity index (χ2v) is 10.7. The number of nitrogens with zero attached hydrogens (tertiary/aromatic N) is 2. The molecule has 0 unspecified atom stereocenters. The maximum Gasteiger partial charge on any atom is 0.264 e. The molecule has 1 heterocycles. The Balaban J connectivity index is 1.58. The van der Waals surface area contributed by atoms with E-state index in [0.717, 1.165) is 22.0 Å². The number of ether oxygens (including phenoxy) is 1. The number of halogens is 1. The van der Waals surface area contributed by atoms with Gasteiger partial charge in [0, 0.05) is 29.4 Å². The topological polar surface area (TPSA) is 96.0 Å². The summed E-state index contributed by atoms with van der Waals surface area (Å²) in [4.78, 5) is 26.9. The van der Waals surface area contributed by atoms with Crippen molar-refractivity contribution in [1.82, 2.24) is 0 Å². The van der Waals surface area contributed by atoms with E-state index < -0.39 is 22.5 Å². The van der Waals surface area contributed by atoms with Crippen molar-refractivity contribution >= 4 is 50.5 Å². The summed E-state index contributed by atoms with van der Waals surface area (Å²) in [5.41, 5.74) is 2.44. The average Bonchev–Trinajstić information content (AvgIpc) is 3.28. The van der Waals surface area contributed by atoms with Gasteiger partial charge in [0.05, 0.1) is 17.7 Å². The van der Waals surface area contributed by atoms with Crippen molar-refractivity contribution in [2.75, 3.05) is 34.7 Å². The molecule has 36 heavy (non-hydrogen) atoms. The maximum absolute atomic E-state index is 13.5. The van der Waals surface area contributed by atoms with E-state index in [2.05, 4.69) is 5.32 Å². The fraction of sp³-hybridized carbons (Fsp3) is 0.231. The highest BCUT2D eigenvalue weighted by Gasteiger charge is 2.28. The smallest absolute Gasteiger partial charge is 0.264 e. The summed E-state index contributed by atoms with van der Waals surface area (Å²) >= 11 is 5.99. The Bertz CT molecular complexity index is 1380. The van der Waals surface area contributed by atoms with Crippen LogP contribution in [-0.4, -0.2) is 40.4 Å². The lowest BCUT2D eigenvalue weighted by molar-refractivity contribution is -0.117. The van der Waals surface area contributed by atoms with E-state index in [-0.39, 0.29) is 10.8 Å². The van der Waals surface area contributed by atoms with Crippen LogP contribution in [0.5, 0.6) is 5.75 Å². The molecule has 0 aliphatic carbocycles. The van der Waals surface area contributed by atoms with E-state index in [1.165, 1.54) is 19.2 Å². The molecule has 1 aliphatic rings. The average molecular weight is 528 g/mol. The van der Waals surface area contributed by atoms with Gasteiger partial charge in [-0.1, -0.05) is 11.6 Å². The summed E-state index contributed by atoms with van der Waals surface area (Å²) in [7, 11) is -2.59. The molecule has 1 saturated heterocycles. The van der Waals surface area contributed by atoms with Gasteiger partial charge < -0.3 is 15.0 Å². The summed E-state index contributed by atoms with van der Waals surface area (Å²) in [5.74, 6) is 0.0721. The molecular formula is C26H26ClN3O5S. The van der Waals surface area contributed by atoms with Crippen molar-refractivity contribution in [2.24, 2.45) is 0 Å². The third-order valence-electron chi connectivity index (χ3n) is 5.89. The van der Waals surface area contributed by atoms with Crippen LogP contribution < -0.4 is 19.3 Å². The molecule has 3 aromatic carbocycles. The fourth-order valence-corrected chi connectivity index (χ4v) is 5.61. The molecule has 0 atom stereocenters. The Morgan fingerprint density at radius 1 is 1.08 bits per heavy atom. The minimum absolute atomic E-state index is 0.0153. The zero-order chi connectivity index (χ0) is 25.9. The van der Waals surface area contributed by atoms with Crippen LogP contribution in [0.1, 0.15) is 18.4 Å². The highest BCUT2D eigenvalue weighted by Crippen LogP contribution is 2.29. The summed E-state index contributed by atoms with van der Waals surface area (Å²) in [6.45, 7) is 2.08. The molecule has 2 amide bonds. The number of carbonyl (C=O) groups is 2. The Morgan fingerprint density at radius 3 is 2.36 bits per heavy atom. The first-order valence-corrected chi connectivity index (χ1v) is 13.1. The first-order chi connectivity index (χ1) is 17.2. The maximum atomic E-state index is 13.5. The van der Waals surface area contributed by atoms with Gasteiger partial charge in [-0.2, -0.15) is 0 Å². The van der Waals surface area contributed by atoms with Gasteiger partial charge in [0.15, 0.2) is 0 Å². The van der Waals surface area contributed by atoms with Crippen LogP contribution in [0.4, 0.5) is 17.1 Å². The van der Waals surface area contributed by atoms with Crippen LogP contribution in [0.3, 0.4) is 0 Å². The number of methoxy groups -OCH3 is 1. The quantitative estimate of drug-likeness (QED) is 0.461. The van der Waals surface area contributed by atoms with Gasteiger partial charge >= 0.3 is 0 Å². The third kappa shape index (κ3) is 5.47. The molecule has 8 nitrogen and oxygen atoms in total. The molecule has 0 bridgehead atoms. The number of hydrogen-bond donors (Lipinski definition) is 1. The summed E-state index contributed by atoms with van der Waals surface area (Å²) in [6.07, 6.45) is 1.35. The van der Waals surface area contributed by atoms with E-state index in [0.29, 0.717) is 35.1 Å². The lowest BCUT2D eigenvalue weighted by atomic mass is 10.1. The lowest BCUT2D eigenvalue weighted by Crippen LogP contribution is -2.38. The second-order valence-electron chi connectivity index (χ2n) is 8.36. The predicted molar refractivity (Wildman–Crippen MR) is 140 cm³/mol. The molecule has 10 heteroatoms. The second kappa shape index (κ2) is 10.6. The molecule has 0 saturated carbocycles. The van der Waals surface area contributed by atoms with Crippen molar-refractivity contribution in [3.8, 4) is 5.75 Å². The standard InChI is InChI=1S/C26H26ClN3O5S/c1-18-16-20(7-14-24(18)29-15-3-4-26(29)32)28-25(31)17-30(21-8-5-19(27)6-9-21)36(33,34)23-12-10-22(35-2)11-13-23/h5-14,16H,3-4,15,17H2,1-2H3,(H,28,31). The highest BCUT2D eigenvalue weighted by atomic mass is 35.5. The van der Waals surface area contributed by atoms with E-state index in [9.17, 15) is 18.0 Å². The van der Waals surface area contributed by atoms with Crippen LogP contribution in [0, 0.1) is 6.92 Å². The van der Waals surface area contributed by atoms with Crippen molar-refractivity contribution in [3.05, 3.63) is 77.3 Å². The molecule has 4 rings (SSSR count). The van der Waals surface area contributed by atoms with Gasteiger partial charge in [-0.3, -0.25) is 13.9 Å². The van der Waals surface area contributed by atoms with Gasteiger partial charge in [0.2, 0.25) is 11.8 Å². The molecule has 0 spiro atoms. The minimum Gasteiger partial charge on any atom is -0.497 e. The zero-order valence-corrected chi connectivity index (χ0v) is 21.5. The number of hydrogen-bond acceptors (Lipinski definition) is 5. The first kappa shape index (κ1) is 25.5. The summed E-state index contributed by atoms with van der Waals surface area (Å²) in [5, 5.41) is 3.21. The number of nitrogens with one attached hydrogen (secondary N) is 1. The van der Waals surface area contributed by atoms with Crippen LogP contribution >= 0.6 is 11.6 Å². The van der Waals surface area contributed by atoms with E-state index in [1.807, 2.05) is 6.92 Å². The molecule has 188 valence electrons. The van der Waals surface area contributed by atoms with E-state index in [1.54, 1.807) is 59.5 Å². The number of benzene rings is 3. The number of anilines is 3. The normalized spacial score (nSPS) is 13.5. The summed E-state index contributed by atoms with van der Waals surface area (Å²) in [6, 6.07) is 17.4. The van der Waals surface area contributed by atoms with Crippen molar-refractivity contribution < 1.29 is 22.7 Å². The number of sulfonamides is 1. The van der Waals surface area contributed by atoms with Crippen LogP contribution in [0.2, 0.25) is 5.02 Å². The zero-order valence-electron chi connectivity index (χ0n) is 19.9. The Kier molecular flexibility index (Phi) is 7.51. The van der Waals surface area contributed by atoms with Gasteiger partial charge in [-0.05, 0) is 85.6 Å². The molecular weight excluding hydrogens is 502 g/mol. The van der Waals surface area contributed by atoms with Crippen molar-refractivity contribution in [2.45, 2.75) is 24.7 Å². The van der Waals surface area contributed by atoms with Crippen molar-refractivity contribution in [3.63, 3.8) is 0 Å². The first-order valence-electron chi connectivity index (χ1n) is 11.3. The number of aryl methyl sites for hydroxylation is 1. The molecule has 1 aliphatic heterocycles. The minimum atomic E-state index is -4.08. The molecule has 1 N–H and O–H groups in total. The van der Waals surface area contributed by atoms with Gasteiger partial charge in [0.25, 0.3) is 10.0 Å². The Hall–Kier alpha value is -3.56. The monoisotopic (exact) mass is 527 g/mol. The van der Waals surface area contributed by atoms with Gasteiger partial charge in [0.1, 0.15) is 12.3 Å². The Labute approximate surface area is 215 Å². The van der Waals surface area contributed by atoms with Crippen LogP contribution in [0.15, 0.2) is 71.6 Å². The Morgan fingerprint density at radius 2 is 1.78 bits per heavy atom. The van der Waals surface area contributed by atoms with Crippen molar-refractivity contribution in [1.29, 1.82) is 0 Å². The SMILES string of the molecule is COc1ccc(S(=O)(=O)N(CC(=O)Nc2ccc(N3CCCC3=O)c(C)c2)c2ccc(Cl)cc2)cc1. The lowest BCUT2D eigenvalue weighted by Gasteiger charge is -2.24. The third-order valence-corrected chi connectivity index (χ3v) is 7.93.